The minimum absolute atomic E-state index is 0.198. The number of rotatable bonds is 6. The van der Waals surface area contributed by atoms with Gasteiger partial charge in [-0.25, -0.2) is 0 Å². The largest absolute Gasteiger partial charge is 0.395 e. The number of hydrogen-bond donors (Lipinski definition) is 3. The van der Waals surface area contributed by atoms with Gasteiger partial charge in [-0.2, -0.15) is 5.10 Å². The number of nitrogens with two attached hydrogens (primary N) is 1. The molecule has 5 nitrogen and oxygen atoms in total. The first-order valence-corrected chi connectivity index (χ1v) is 6.11. The molecule has 0 aliphatic carbocycles. The predicted molar refractivity (Wildman–Crippen MR) is 68.8 cm³/mol. The smallest absolute Gasteiger partial charge is 0.273 e. The van der Waals surface area contributed by atoms with Gasteiger partial charge in [-0.05, 0) is 19.3 Å². The van der Waals surface area contributed by atoms with Crippen molar-refractivity contribution in [3.05, 3.63) is 11.4 Å². The molecule has 0 saturated carbocycles. The second kappa shape index (κ2) is 6.27. The molecule has 1 heterocycles. The van der Waals surface area contributed by atoms with Gasteiger partial charge in [0.05, 0.1) is 11.4 Å². The SMILES string of the molecule is Cc1[nH]nc(C(=O)NCCCCC(C)C)c1N. The van der Waals surface area contributed by atoms with Gasteiger partial charge in [-0.15, -0.1) is 0 Å². The van der Waals surface area contributed by atoms with Gasteiger partial charge in [-0.3, -0.25) is 9.89 Å². The van der Waals surface area contributed by atoms with E-state index in [4.69, 9.17) is 5.73 Å². The molecule has 0 aliphatic heterocycles. The van der Waals surface area contributed by atoms with Gasteiger partial charge in [0.1, 0.15) is 0 Å². The third-order valence-corrected chi connectivity index (χ3v) is 2.70. The molecule has 0 atom stereocenters. The molecule has 17 heavy (non-hydrogen) atoms. The first-order chi connectivity index (χ1) is 8.02. The summed E-state index contributed by atoms with van der Waals surface area (Å²) in [5.41, 5.74) is 7.18. The third-order valence-electron chi connectivity index (χ3n) is 2.70. The van der Waals surface area contributed by atoms with Crippen molar-refractivity contribution in [1.82, 2.24) is 15.5 Å². The Hall–Kier alpha value is -1.52. The van der Waals surface area contributed by atoms with Gasteiger partial charge in [0.15, 0.2) is 5.69 Å². The number of hydrogen-bond acceptors (Lipinski definition) is 3. The monoisotopic (exact) mass is 238 g/mol. The molecular formula is C12H22N4O. The van der Waals surface area contributed by atoms with Crippen LogP contribution in [0.15, 0.2) is 0 Å². The highest BCUT2D eigenvalue weighted by Gasteiger charge is 2.14. The first-order valence-electron chi connectivity index (χ1n) is 6.11. The fourth-order valence-corrected chi connectivity index (χ4v) is 1.57. The Morgan fingerprint density at radius 3 is 2.71 bits per heavy atom. The van der Waals surface area contributed by atoms with Crippen LogP contribution in [0.1, 0.15) is 49.3 Å². The number of amides is 1. The Labute approximate surface area is 102 Å². The predicted octanol–water partition coefficient (Wildman–Crippen LogP) is 1.86. The van der Waals surface area contributed by atoms with E-state index in [1.165, 1.54) is 6.42 Å². The number of nitrogens with zero attached hydrogens (tertiary/aromatic N) is 1. The average molecular weight is 238 g/mol. The first kappa shape index (κ1) is 13.5. The van der Waals surface area contributed by atoms with Gasteiger partial charge in [0.25, 0.3) is 5.91 Å². The van der Waals surface area contributed by atoms with E-state index in [0.29, 0.717) is 17.9 Å². The number of nitrogens with one attached hydrogen (secondary N) is 2. The van der Waals surface area contributed by atoms with E-state index in [0.717, 1.165) is 24.5 Å². The molecule has 0 aromatic carbocycles. The van der Waals surface area contributed by atoms with Crippen LogP contribution in [0.3, 0.4) is 0 Å². The summed E-state index contributed by atoms with van der Waals surface area (Å²) in [5.74, 6) is 0.520. The maximum atomic E-state index is 11.7. The second-order valence-corrected chi connectivity index (χ2v) is 4.76. The van der Waals surface area contributed by atoms with Crippen LogP contribution in [0.5, 0.6) is 0 Å². The maximum Gasteiger partial charge on any atom is 0.273 e. The third kappa shape index (κ3) is 4.09. The molecule has 0 unspecified atom stereocenters. The van der Waals surface area contributed by atoms with E-state index in [1.54, 1.807) is 6.92 Å². The number of unbranched alkanes of at least 4 members (excludes halogenated alkanes) is 1. The molecule has 96 valence electrons. The molecule has 0 spiro atoms. The number of carbonyl (C=O) groups excluding carboxylic acids is 1. The van der Waals surface area contributed by atoms with Crippen LogP contribution in [0.2, 0.25) is 0 Å². The molecule has 1 rings (SSSR count). The molecule has 1 aromatic heterocycles. The minimum atomic E-state index is -0.198. The lowest BCUT2D eigenvalue weighted by molar-refractivity contribution is 0.0948. The molecule has 5 heteroatoms. The molecule has 1 amide bonds. The Kier molecular flexibility index (Phi) is 5.00. The molecule has 0 saturated heterocycles. The topological polar surface area (TPSA) is 83.8 Å². The number of nitrogen functional groups attached to an aromatic ring is 1. The van der Waals surface area contributed by atoms with Crippen LogP contribution in [0, 0.1) is 12.8 Å². The quantitative estimate of drug-likeness (QED) is 0.661. The number of anilines is 1. The van der Waals surface area contributed by atoms with Gasteiger partial charge in [0.2, 0.25) is 0 Å². The van der Waals surface area contributed by atoms with Crippen LogP contribution in [-0.2, 0) is 0 Å². The van der Waals surface area contributed by atoms with Crippen molar-refractivity contribution in [2.24, 2.45) is 5.92 Å². The number of aromatic amines is 1. The summed E-state index contributed by atoms with van der Waals surface area (Å²) in [4.78, 5) is 11.7. The van der Waals surface area contributed by atoms with Gasteiger partial charge < -0.3 is 11.1 Å². The highest BCUT2D eigenvalue weighted by atomic mass is 16.1. The Morgan fingerprint density at radius 2 is 2.18 bits per heavy atom. The zero-order valence-corrected chi connectivity index (χ0v) is 10.8. The van der Waals surface area contributed by atoms with E-state index >= 15 is 0 Å². The van der Waals surface area contributed by atoms with Crippen molar-refractivity contribution < 1.29 is 4.79 Å². The lowest BCUT2D eigenvalue weighted by atomic mass is 10.1. The summed E-state index contributed by atoms with van der Waals surface area (Å²) in [5, 5.41) is 9.40. The molecule has 0 radical (unpaired) electrons. The Bertz CT molecular complexity index is 371. The Balaban J connectivity index is 2.28. The molecule has 0 fully saturated rings. The zero-order valence-electron chi connectivity index (χ0n) is 10.8. The molecule has 4 N–H and O–H groups in total. The van der Waals surface area contributed by atoms with Crippen LogP contribution in [0.25, 0.3) is 0 Å². The summed E-state index contributed by atoms with van der Waals surface area (Å²) in [6.07, 6.45) is 3.32. The molecule has 0 aliphatic rings. The van der Waals surface area contributed by atoms with Crippen molar-refractivity contribution in [2.75, 3.05) is 12.3 Å². The number of H-pyrrole nitrogens is 1. The summed E-state index contributed by atoms with van der Waals surface area (Å²) in [6.45, 7) is 6.87. The normalized spacial score (nSPS) is 10.8. The van der Waals surface area contributed by atoms with E-state index in [2.05, 4.69) is 29.4 Å². The van der Waals surface area contributed by atoms with Gasteiger partial charge in [0, 0.05) is 6.54 Å². The van der Waals surface area contributed by atoms with Crippen molar-refractivity contribution in [3.8, 4) is 0 Å². The van der Waals surface area contributed by atoms with Gasteiger partial charge >= 0.3 is 0 Å². The lowest BCUT2D eigenvalue weighted by Gasteiger charge is -2.05. The summed E-state index contributed by atoms with van der Waals surface area (Å²) >= 11 is 0. The standard InChI is InChI=1S/C12H22N4O/c1-8(2)6-4-5-7-14-12(17)11-10(13)9(3)15-16-11/h8H,4-7,13H2,1-3H3,(H,14,17)(H,15,16). The lowest BCUT2D eigenvalue weighted by Crippen LogP contribution is -2.25. The van der Waals surface area contributed by atoms with Crippen LogP contribution >= 0.6 is 0 Å². The second-order valence-electron chi connectivity index (χ2n) is 4.76. The van der Waals surface area contributed by atoms with Gasteiger partial charge in [-0.1, -0.05) is 26.7 Å². The van der Waals surface area contributed by atoms with E-state index in [1.807, 2.05) is 0 Å². The summed E-state index contributed by atoms with van der Waals surface area (Å²) < 4.78 is 0. The minimum Gasteiger partial charge on any atom is -0.395 e. The highest BCUT2D eigenvalue weighted by Crippen LogP contribution is 2.12. The average Bonchev–Trinajstić information content (AvgIpc) is 2.59. The van der Waals surface area contributed by atoms with E-state index < -0.39 is 0 Å². The highest BCUT2D eigenvalue weighted by molar-refractivity contribution is 5.97. The molecular weight excluding hydrogens is 216 g/mol. The summed E-state index contributed by atoms with van der Waals surface area (Å²) in [7, 11) is 0. The van der Waals surface area contributed by atoms with Crippen molar-refractivity contribution in [3.63, 3.8) is 0 Å². The number of aromatic nitrogens is 2. The van der Waals surface area contributed by atoms with Crippen molar-refractivity contribution >= 4 is 11.6 Å². The molecule has 0 bridgehead atoms. The van der Waals surface area contributed by atoms with E-state index in [9.17, 15) is 4.79 Å². The zero-order chi connectivity index (χ0) is 12.8. The van der Waals surface area contributed by atoms with Crippen molar-refractivity contribution in [2.45, 2.75) is 40.0 Å². The van der Waals surface area contributed by atoms with Crippen LogP contribution in [0.4, 0.5) is 5.69 Å². The summed E-state index contributed by atoms with van der Waals surface area (Å²) in [6, 6.07) is 0. The maximum absolute atomic E-state index is 11.7. The van der Waals surface area contributed by atoms with Crippen molar-refractivity contribution in [1.29, 1.82) is 0 Å². The van der Waals surface area contributed by atoms with Crippen LogP contribution in [-0.4, -0.2) is 22.6 Å². The van der Waals surface area contributed by atoms with Crippen LogP contribution < -0.4 is 11.1 Å². The fourth-order valence-electron chi connectivity index (χ4n) is 1.57. The number of carbonyl (C=O) groups is 1. The number of aryl methyl sites for hydroxylation is 1. The fraction of sp³-hybridized carbons (Fsp3) is 0.667. The Morgan fingerprint density at radius 1 is 1.47 bits per heavy atom. The van der Waals surface area contributed by atoms with E-state index in [-0.39, 0.29) is 5.91 Å². The molecule has 1 aromatic rings.